The summed E-state index contributed by atoms with van der Waals surface area (Å²) in [4.78, 5) is 14.4. The second kappa shape index (κ2) is 4.55. The van der Waals surface area contributed by atoms with E-state index >= 15 is 0 Å². The summed E-state index contributed by atoms with van der Waals surface area (Å²) in [5, 5.41) is 10.8. The normalized spacial score (nSPS) is 11.0. The summed E-state index contributed by atoms with van der Waals surface area (Å²) >= 11 is 0. The molecule has 21 heavy (non-hydrogen) atoms. The molecule has 0 fully saturated rings. The van der Waals surface area contributed by atoms with E-state index in [1.807, 2.05) is 19.2 Å². The molecule has 0 saturated carbocycles. The number of imidazole rings is 1. The van der Waals surface area contributed by atoms with Gasteiger partial charge in [-0.2, -0.15) is 4.39 Å². The summed E-state index contributed by atoms with van der Waals surface area (Å²) in [7, 11) is 0. The first-order valence-electron chi connectivity index (χ1n) is 6.16. The summed E-state index contributed by atoms with van der Waals surface area (Å²) in [6, 6.07) is 7.29. The van der Waals surface area contributed by atoms with Crippen molar-refractivity contribution < 1.29 is 9.31 Å². The topological polar surface area (TPSA) is 86.5 Å². The molecule has 0 amide bonds. The average molecular weight is 286 g/mol. The van der Waals surface area contributed by atoms with Crippen LogP contribution in [0, 0.1) is 22.9 Å². The van der Waals surface area contributed by atoms with E-state index in [0.717, 1.165) is 17.7 Å². The maximum atomic E-state index is 13.4. The van der Waals surface area contributed by atoms with Crippen LogP contribution in [0.4, 0.5) is 15.9 Å². The van der Waals surface area contributed by atoms with Crippen molar-refractivity contribution in [1.29, 1.82) is 0 Å². The molecule has 0 aliphatic rings. The number of hydrogen-bond donors (Lipinski definition) is 1. The van der Waals surface area contributed by atoms with Crippen molar-refractivity contribution in [3.05, 3.63) is 58.0 Å². The SMILES string of the molecule is Cc1ccc2nc(-c3ccc(F)c([N+](=O)[O-])c3)c(N)n2c1. The fraction of sp³-hybridized carbons (Fsp3) is 0.0714. The number of benzene rings is 1. The smallest absolute Gasteiger partial charge is 0.305 e. The van der Waals surface area contributed by atoms with E-state index in [-0.39, 0.29) is 0 Å². The first kappa shape index (κ1) is 13.0. The Bertz CT molecular complexity index is 873. The van der Waals surface area contributed by atoms with E-state index in [2.05, 4.69) is 4.98 Å². The van der Waals surface area contributed by atoms with Gasteiger partial charge in [-0.05, 0) is 30.7 Å². The molecule has 6 nitrogen and oxygen atoms in total. The summed E-state index contributed by atoms with van der Waals surface area (Å²) in [6.45, 7) is 1.92. The lowest BCUT2D eigenvalue weighted by atomic mass is 10.1. The molecule has 0 atom stereocenters. The fourth-order valence-electron chi connectivity index (χ4n) is 2.18. The Kier molecular flexibility index (Phi) is 2.83. The van der Waals surface area contributed by atoms with Crippen molar-refractivity contribution in [2.24, 2.45) is 0 Å². The minimum absolute atomic E-state index is 0.356. The van der Waals surface area contributed by atoms with Crippen molar-refractivity contribution in [1.82, 2.24) is 9.38 Å². The summed E-state index contributed by atoms with van der Waals surface area (Å²) in [5.74, 6) is -0.531. The highest BCUT2D eigenvalue weighted by Gasteiger charge is 2.18. The van der Waals surface area contributed by atoms with E-state index in [0.29, 0.717) is 22.7 Å². The Balaban J connectivity index is 2.23. The van der Waals surface area contributed by atoms with Gasteiger partial charge in [0.2, 0.25) is 5.82 Å². The molecule has 2 N–H and O–H groups in total. The molecule has 0 aliphatic heterocycles. The van der Waals surface area contributed by atoms with Gasteiger partial charge in [0, 0.05) is 17.8 Å². The summed E-state index contributed by atoms with van der Waals surface area (Å²) in [6.07, 6.45) is 1.82. The van der Waals surface area contributed by atoms with Crippen molar-refractivity contribution in [2.75, 3.05) is 5.73 Å². The molecule has 106 valence electrons. The van der Waals surface area contributed by atoms with Crippen LogP contribution in [0.2, 0.25) is 0 Å². The molecule has 0 saturated heterocycles. The van der Waals surface area contributed by atoms with Gasteiger partial charge in [-0.25, -0.2) is 4.98 Å². The zero-order valence-corrected chi connectivity index (χ0v) is 11.1. The second-order valence-electron chi connectivity index (χ2n) is 4.70. The van der Waals surface area contributed by atoms with E-state index in [9.17, 15) is 14.5 Å². The number of nitrogens with zero attached hydrogens (tertiary/aromatic N) is 3. The minimum Gasteiger partial charge on any atom is -0.383 e. The van der Waals surface area contributed by atoms with Gasteiger partial charge in [0.25, 0.3) is 0 Å². The highest BCUT2D eigenvalue weighted by molar-refractivity contribution is 5.76. The van der Waals surface area contributed by atoms with Gasteiger partial charge in [0.15, 0.2) is 0 Å². The molecule has 0 spiro atoms. The van der Waals surface area contributed by atoms with Gasteiger partial charge in [0.05, 0.1) is 4.92 Å². The van der Waals surface area contributed by atoms with Crippen LogP contribution in [0.5, 0.6) is 0 Å². The van der Waals surface area contributed by atoms with Gasteiger partial charge in [-0.15, -0.1) is 0 Å². The predicted molar refractivity (Wildman–Crippen MR) is 76.4 cm³/mol. The number of rotatable bonds is 2. The lowest BCUT2D eigenvalue weighted by Gasteiger charge is -2.01. The van der Waals surface area contributed by atoms with Crippen molar-refractivity contribution >= 4 is 17.2 Å². The monoisotopic (exact) mass is 286 g/mol. The number of aryl methyl sites for hydroxylation is 1. The lowest BCUT2D eigenvalue weighted by Crippen LogP contribution is -1.96. The van der Waals surface area contributed by atoms with Crippen LogP contribution in [0.25, 0.3) is 16.9 Å². The van der Waals surface area contributed by atoms with Crippen LogP contribution in [0.15, 0.2) is 36.5 Å². The third kappa shape index (κ3) is 2.08. The number of nitro groups is 1. The van der Waals surface area contributed by atoms with Gasteiger partial charge in [-0.3, -0.25) is 14.5 Å². The van der Waals surface area contributed by atoms with Gasteiger partial charge < -0.3 is 5.73 Å². The Morgan fingerprint density at radius 3 is 2.81 bits per heavy atom. The minimum atomic E-state index is -0.887. The molecule has 3 rings (SSSR count). The number of halogens is 1. The van der Waals surface area contributed by atoms with Crippen LogP contribution in [-0.2, 0) is 0 Å². The number of hydrogen-bond acceptors (Lipinski definition) is 4. The van der Waals surface area contributed by atoms with E-state index < -0.39 is 16.4 Å². The van der Waals surface area contributed by atoms with Gasteiger partial charge in [-0.1, -0.05) is 6.07 Å². The third-order valence-electron chi connectivity index (χ3n) is 3.22. The Morgan fingerprint density at radius 1 is 1.33 bits per heavy atom. The molecule has 0 radical (unpaired) electrons. The van der Waals surface area contributed by atoms with Gasteiger partial charge >= 0.3 is 5.69 Å². The summed E-state index contributed by atoms with van der Waals surface area (Å²) in [5.41, 5.74) is 7.87. The van der Waals surface area contributed by atoms with Crippen LogP contribution >= 0.6 is 0 Å². The first-order chi connectivity index (χ1) is 9.97. The number of aromatic nitrogens is 2. The fourth-order valence-corrected chi connectivity index (χ4v) is 2.18. The molecular weight excluding hydrogens is 275 g/mol. The largest absolute Gasteiger partial charge is 0.383 e. The maximum Gasteiger partial charge on any atom is 0.305 e. The van der Waals surface area contributed by atoms with Crippen LogP contribution in [0.1, 0.15) is 5.56 Å². The Labute approximate surface area is 118 Å². The molecule has 7 heteroatoms. The molecular formula is C14H11FN4O2. The number of nitro benzene ring substituents is 1. The average Bonchev–Trinajstić information content (AvgIpc) is 2.76. The summed E-state index contributed by atoms with van der Waals surface area (Å²) < 4.78 is 15.1. The Hall–Kier alpha value is -2.96. The van der Waals surface area contributed by atoms with E-state index in [1.165, 1.54) is 6.07 Å². The quantitative estimate of drug-likeness (QED) is 0.579. The predicted octanol–water partition coefficient (Wildman–Crippen LogP) is 2.94. The molecule has 2 heterocycles. The highest BCUT2D eigenvalue weighted by Crippen LogP contribution is 2.30. The van der Waals surface area contributed by atoms with Crippen molar-refractivity contribution in [3.8, 4) is 11.3 Å². The number of pyridine rings is 1. The molecule has 2 aromatic heterocycles. The second-order valence-corrected chi connectivity index (χ2v) is 4.70. The third-order valence-corrected chi connectivity index (χ3v) is 3.22. The lowest BCUT2D eigenvalue weighted by molar-refractivity contribution is -0.387. The van der Waals surface area contributed by atoms with E-state index in [4.69, 9.17) is 5.73 Å². The molecule has 1 aromatic carbocycles. The number of nitrogen functional groups attached to an aromatic ring is 1. The Morgan fingerprint density at radius 2 is 2.10 bits per heavy atom. The number of anilines is 1. The standard InChI is InChI=1S/C14H11FN4O2/c1-8-2-5-12-17-13(14(16)18(12)7-8)9-3-4-10(15)11(6-9)19(20)21/h2-7H,16H2,1H3. The molecule has 0 aliphatic carbocycles. The molecule has 3 aromatic rings. The highest BCUT2D eigenvalue weighted by atomic mass is 19.1. The van der Waals surface area contributed by atoms with E-state index in [1.54, 1.807) is 10.5 Å². The van der Waals surface area contributed by atoms with Crippen LogP contribution < -0.4 is 5.73 Å². The number of fused-ring (bicyclic) bond motifs is 1. The van der Waals surface area contributed by atoms with Crippen LogP contribution in [0.3, 0.4) is 0 Å². The first-order valence-corrected chi connectivity index (χ1v) is 6.16. The number of nitrogens with two attached hydrogens (primary N) is 1. The van der Waals surface area contributed by atoms with Crippen molar-refractivity contribution in [2.45, 2.75) is 6.92 Å². The van der Waals surface area contributed by atoms with Gasteiger partial charge in [0.1, 0.15) is 17.2 Å². The molecule has 0 unspecified atom stereocenters. The zero-order chi connectivity index (χ0) is 15.1. The molecule has 0 bridgehead atoms. The van der Waals surface area contributed by atoms with Crippen molar-refractivity contribution in [3.63, 3.8) is 0 Å². The van der Waals surface area contributed by atoms with Crippen LogP contribution in [-0.4, -0.2) is 14.3 Å². The maximum absolute atomic E-state index is 13.4. The zero-order valence-electron chi connectivity index (χ0n) is 11.1.